The third kappa shape index (κ3) is 2.84. The highest BCUT2D eigenvalue weighted by atomic mass is 32.2. The molecule has 0 radical (unpaired) electrons. The molecule has 0 aromatic heterocycles. The summed E-state index contributed by atoms with van der Waals surface area (Å²) >= 11 is 1.78. The van der Waals surface area contributed by atoms with Gasteiger partial charge in [0.25, 0.3) is 0 Å². The second-order valence-electron chi connectivity index (χ2n) is 2.48. The van der Waals surface area contributed by atoms with Gasteiger partial charge in [-0.05, 0) is 6.92 Å². The van der Waals surface area contributed by atoms with Crippen LogP contribution < -0.4 is 5.73 Å². The van der Waals surface area contributed by atoms with Crippen LogP contribution in [-0.2, 0) is 9.53 Å². The number of rotatable bonds is 2. The molecule has 0 aliphatic carbocycles. The summed E-state index contributed by atoms with van der Waals surface area (Å²) in [6, 6.07) is 0. The third-order valence-electron chi connectivity index (χ3n) is 1.24. The molecular weight excluding hydrogens is 162 g/mol. The molecule has 1 heterocycles. The molecular formula is C7H11NO2S. The highest BCUT2D eigenvalue weighted by Crippen LogP contribution is 2.20. The molecule has 0 atom stereocenters. The van der Waals surface area contributed by atoms with Gasteiger partial charge in [-0.15, -0.1) is 0 Å². The van der Waals surface area contributed by atoms with Crippen LogP contribution in [0, 0.1) is 0 Å². The van der Waals surface area contributed by atoms with E-state index < -0.39 is 0 Å². The molecule has 0 spiro atoms. The summed E-state index contributed by atoms with van der Waals surface area (Å²) < 4.78 is 4.98. The topological polar surface area (TPSA) is 52.3 Å². The Hall–Kier alpha value is -0.640. The van der Waals surface area contributed by atoms with Crippen LogP contribution in [0.5, 0.6) is 0 Å². The molecule has 0 aromatic rings. The number of nitrogens with two attached hydrogens (primary N) is 1. The van der Waals surface area contributed by atoms with E-state index in [0.717, 1.165) is 11.5 Å². The number of carbonyl (C=O) groups excluding carboxylic acids is 1. The van der Waals surface area contributed by atoms with Gasteiger partial charge in [0, 0.05) is 23.3 Å². The first kappa shape index (κ1) is 8.46. The van der Waals surface area contributed by atoms with E-state index in [1.807, 2.05) is 0 Å². The van der Waals surface area contributed by atoms with Crippen LogP contribution >= 0.6 is 11.8 Å². The molecule has 4 heteroatoms. The largest absolute Gasteiger partial charge is 0.457 e. The van der Waals surface area contributed by atoms with E-state index in [4.69, 9.17) is 10.5 Å². The Labute approximate surface area is 70.0 Å². The van der Waals surface area contributed by atoms with E-state index in [9.17, 15) is 4.79 Å². The van der Waals surface area contributed by atoms with Crippen molar-refractivity contribution in [3.63, 3.8) is 0 Å². The van der Waals surface area contributed by atoms with Gasteiger partial charge in [-0.1, -0.05) is 0 Å². The van der Waals surface area contributed by atoms with Crippen LogP contribution in [0.4, 0.5) is 0 Å². The minimum Gasteiger partial charge on any atom is -0.457 e. The maximum atomic E-state index is 10.9. The zero-order chi connectivity index (χ0) is 8.27. The molecule has 3 nitrogen and oxygen atoms in total. The summed E-state index contributed by atoms with van der Waals surface area (Å²) in [6.45, 7) is 1.66. The van der Waals surface area contributed by atoms with Crippen molar-refractivity contribution in [2.75, 3.05) is 11.5 Å². The quantitative estimate of drug-likeness (QED) is 0.488. The molecule has 0 aromatic carbocycles. The summed E-state index contributed by atoms with van der Waals surface area (Å²) in [5, 5.41) is 0. The minimum absolute atomic E-state index is 0.114. The van der Waals surface area contributed by atoms with Gasteiger partial charge in [-0.25, -0.2) is 4.79 Å². The van der Waals surface area contributed by atoms with Crippen LogP contribution in [0.1, 0.15) is 6.92 Å². The van der Waals surface area contributed by atoms with Gasteiger partial charge < -0.3 is 10.5 Å². The first-order valence-corrected chi connectivity index (χ1v) is 4.56. The third-order valence-corrected chi connectivity index (χ3v) is 2.45. The second-order valence-corrected chi connectivity index (χ2v) is 3.56. The molecule has 0 unspecified atom stereocenters. The Balaban J connectivity index is 2.25. The van der Waals surface area contributed by atoms with E-state index in [1.54, 1.807) is 18.7 Å². The molecule has 11 heavy (non-hydrogen) atoms. The summed E-state index contributed by atoms with van der Waals surface area (Å²) in [7, 11) is 0. The summed E-state index contributed by atoms with van der Waals surface area (Å²) in [4.78, 5) is 10.9. The van der Waals surface area contributed by atoms with E-state index in [1.165, 1.54) is 6.08 Å². The van der Waals surface area contributed by atoms with Crippen molar-refractivity contribution in [1.29, 1.82) is 0 Å². The molecule has 0 saturated carbocycles. The second kappa shape index (κ2) is 3.67. The van der Waals surface area contributed by atoms with Crippen LogP contribution in [0.15, 0.2) is 11.8 Å². The molecule has 1 saturated heterocycles. The number of allylic oxidation sites excluding steroid dienone is 1. The summed E-state index contributed by atoms with van der Waals surface area (Å²) in [6.07, 6.45) is 1.42. The summed E-state index contributed by atoms with van der Waals surface area (Å²) in [5.74, 6) is 1.52. The molecule has 0 amide bonds. The van der Waals surface area contributed by atoms with Crippen LogP contribution in [-0.4, -0.2) is 23.6 Å². The van der Waals surface area contributed by atoms with Gasteiger partial charge in [0.05, 0.1) is 0 Å². The maximum absolute atomic E-state index is 10.9. The van der Waals surface area contributed by atoms with Crippen LogP contribution in [0.25, 0.3) is 0 Å². The van der Waals surface area contributed by atoms with Crippen molar-refractivity contribution in [2.45, 2.75) is 13.0 Å². The van der Waals surface area contributed by atoms with Crippen molar-refractivity contribution in [2.24, 2.45) is 5.73 Å². The first-order chi connectivity index (χ1) is 5.18. The number of carbonyl (C=O) groups is 1. The maximum Gasteiger partial charge on any atom is 0.332 e. The number of hydrogen-bond acceptors (Lipinski definition) is 4. The number of hydrogen-bond donors (Lipinski definition) is 1. The molecule has 1 rings (SSSR count). The van der Waals surface area contributed by atoms with Gasteiger partial charge in [0.2, 0.25) is 0 Å². The lowest BCUT2D eigenvalue weighted by molar-refractivity contribution is -0.141. The summed E-state index contributed by atoms with van der Waals surface area (Å²) in [5.41, 5.74) is 5.77. The average molecular weight is 173 g/mol. The van der Waals surface area contributed by atoms with E-state index in [0.29, 0.717) is 5.70 Å². The predicted octanol–water partition coefficient (Wildman–Crippen LogP) is 0.508. The van der Waals surface area contributed by atoms with Crippen molar-refractivity contribution in [3.05, 3.63) is 11.8 Å². The Kier molecular flexibility index (Phi) is 2.82. The van der Waals surface area contributed by atoms with E-state index in [2.05, 4.69) is 0 Å². The van der Waals surface area contributed by atoms with Gasteiger partial charge in [0.15, 0.2) is 0 Å². The molecule has 62 valence electrons. The lowest BCUT2D eigenvalue weighted by Gasteiger charge is -2.23. The number of esters is 1. The van der Waals surface area contributed by atoms with Crippen molar-refractivity contribution in [1.82, 2.24) is 0 Å². The zero-order valence-electron chi connectivity index (χ0n) is 6.37. The molecule has 0 bridgehead atoms. The molecule has 1 aliphatic rings. The van der Waals surface area contributed by atoms with Crippen molar-refractivity contribution >= 4 is 17.7 Å². The van der Waals surface area contributed by atoms with E-state index in [-0.39, 0.29) is 12.1 Å². The standard InChI is InChI=1S/C7H11NO2S/c1-5(8)2-7(9)10-6-3-11-4-6/h2,6H,3-4,8H2,1H3. The van der Waals surface area contributed by atoms with Gasteiger partial charge in [0.1, 0.15) is 6.10 Å². The highest BCUT2D eigenvalue weighted by molar-refractivity contribution is 8.00. The normalized spacial score (nSPS) is 19.2. The van der Waals surface area contributed by atoms with Crippen molar-refractivity contribution in [3.8, 4) is 0 Å². The lowest BCUT2D eigenvalue weighted by atomic mass is 10.4. The number of thioether (sulfide) groups is 1. The fourth-order valence-corrected chi connectivity index (χ4v) is 1.23. The average Bonchev–Trinajstić information content (AvgIpc) is 1.77. The highest BCUT2D eigenvalue weighted by Gasteiger charge is 2.21. The fourth-order valence-electron chi connectivity index (χ4n) is 0.666. The fraction of sp³-hybridized carbons (Fsp3) is 0.571. The van der Waals surface area contributed by atoms with Gasteiger partial charge in [-0.2, -0.15) is 11.8 Å². The van der Waals surface area contributed by atoms with Gasteiger partial charge in [-0.3, -0.25) is 0 Å². The van der Waals surface area contributed by atoms with Gasteiger partial charge >= 0.3 is 5.97 Å². The number of ether oxygens (including phenoxy) is 1. The Morgan fingerprint density at radius 1 is 1.73 bits per heavy atom. The van der Waals surface area contributed by atoms with Crippen molar-refractivity contribution < 1.29 is 9.53 Å². The van der Waals surface area contributed by atoms with Crippen LogP contribution in [0.3, 0.4) is 0 Å². The van der Waals surface area contributed by atoms with E-state index >= 15 is 0 Å². The monoisotopic (exact) mass is 173 g/mol. The van der Waals surface area contributed by atoms with Crippen LogP contribution in [0.2, 0.25) is 0 Å². The minimum atomic E-state index is -0.324. The Bertz CT molecular complexity index is 183. The molecule has 1 fully saturated rings. The Morgan fingerprint density at radius 2 is 2.36 bits per heavy atom. The lowest BCUT2D eigenvalue weighted by Crippen LogP contribution is -2.30. The molecule has 1 aliphatic heterocycles. The SMILES string of the molecule is CC(N)=CC(=O)OC1CSC1. The predicted molar refractivity (Wildman–Crippen MR) is 45.1 cm³/mol. The zero-order valence-corrected chi connectivity index (χ0v) is 7.19. The Morgan fingerprint density at radius 3 is 2.73 bits per heavy atom. The smallest absolute Gasteiger partial charge is 0.332 e. The first-order valence-electron chi connectivity index (χ1n) is 3.40. The molecule has 2 N–H and O–H groups in total.